The molecule has 0 saturated heterocycles. The van der Waals surface area contributed by atoms with Crippen LogP contribution in [0.5, 0.6) is 0 Å². The van der Waals surface area contributed by atoms with E-state index in [1.807, 2.05) is 48.8 Å². The first-order valence-electron chi connectivity index (χ1n) is 6.20. The van der Waals surface area contributed by atoms with Gasteiger partial charge in [0.1, 0.15) is 0 Å². The fourth-order valence-electron chi connectivity index (χ4n) is 2.41. The van der Waals surface area contributed by atoms with Gasteiger partial charge >= 0.3 is 0 Å². The van der Waals surface area contributed by atoms with Crippen LogP contribution in [0.3, 0.4) is 0 Å². The van der Waals surface area contributed by atoms with Gasteiger partial charge < -0.3 is 0 Å². The topological polar surface area (TPSA) is 30.2 Å². The van der Waals surface area contributed by atoms with Crippen molar-refractivity contribution in [2.75, 3.05) is 0 Å². The molecule has 0 saturated carbocycles. The van der Waals surface area contributed by atoms with Gasteiger partial charge in [-0.3, -0.25) is 9.38 Å². The van der Waals surface area contributed by atoms with E-state index in [4.69, 9.17) is 0 Å². The van der Waals surface area contributed by atoms with Crippen LogP contribution in [-0.2, 0) is 0 Å². The number of aromatic nitrogens is 3. The molecule has 90 valence electrons. The maximum Gasteiger partial charge on any atom is 0.156 e. The standard InChI is InChI=1S/C16H11N3/c1-2-6-12(7-3-1)15-10-18-16-11-17-13-8-4-5-9-14(13)19(15)16/h1-11H. The van der Waals surface area contributed by atoms with Crippen LogP contribution >= 0.6 is 0 Å². The first kappa shape index (κ1) is 10.3. The van der Waals surface area contributed by atoms with Crippen LogP contribution in [0.15, 0.2) is 67.0 Å². The Kier molecular flexibility index (Phi) is 2.12. The van der Waals surface area contributed by atoms with Gasteiger partial charge in [-0.25, -0.2) is 4.98 Å². The molecule has 0 atom stereocenters. The zero-order chi connectivity index (χ0) is 12.7. The van der Waals surface area contributed by atoms with Crippen LogP contribution in [0.1, 0.15) is 0 Å². The molecule has 0 fully saturated rings. The van der Waals surface area contributed by atoms with Crippen LogP contribution in [0, 0.1) is 0 Å². The number of para-hydroxylation sites is 2. The summed E-state index contributed by atoms with van der Waals surface area (Å²) in [5.41, 5.74) is 5.18. The first-order valence-corrected chi connectivity index (χ1v) is 6.20. The second-order valence-corrected chi connectivity index (χ2v) is 4.45. The minimum Gasteiger partial charge on any atom is -0.289 e. The molecular formula is C16H11N3. The average molecular weight is 245 g/mol. The van der Waals surface area contributed by atoms with E-state index in [9.17, 15) is 0 Å². The Labute approximate surface area is 110 Å². The van der Waals surface area contributed by atoms with Crippen LogP contribution in [0.25, 0.3) is 27.9 Å². The number of nitrogens with zero attached hydrogens (tertiary/aromatic N) is 3. The first-order chi connectivity index (χ1) is 9.43. The molecule has 3 nitrogen and oxygen atoms in total. The molecule has 0 aliphatic heterocycles. The molecule has 0 unspecified atom stereocenters. The summed E-state index contributed by atoms with van der Waals surface area (Å²) in [5.74, 6) is 0. The Balaban J connectivity index is 2.15. The lowest BCUT2D eigenvalue weighted by atomic mass is 10.1. The minimum atomic E-state index is 0.873. The summed E-state index contributed by atoms with van der Waals surface area (Å²) in [5, 5.41) is 0. The molecule has 0 N–H and O–H groups in total. The Bertz CT molecular complexity index is 863. The molecule has 2 heterocycles. The van der Waals surface area contributed by atoms with Gasteiger partial charge in [0, 0.05) is 5.56 Å². The highest BCUT2D eigenvalue weighted by Gasteiger charge is 2.08. The molecule has 4 aromatic rings. The van der Waals surface area contributed by atoms with Crippen LogP contribution in [0.2, 0.25) is 0 Å². The summed E-state index contributed by atoms with van der Waals surface area (Å²) in [6.45, 7) is 0. The zero-order valence-electron chi connectivity index (χ0n) is 10.2. The van der Waals surface area contributed by atoms with E-state index < -0.39 is 0 Å². The minimum absolute atomic E-state index is 0.873. The molecule has 0 spiro atoms. The number of hydrogen-bond acceptors (Lipinski definition) is 2. The zero-order valence-corrected chi connectivity index (χ0v) is 10.2. The highest BCUT2D eigenvalue weighted by Crippen LogP contribution is 2.24. The molecule has 3 heteroatoms. The van der Waals surface area contributed by atoms with Crippen molar-refractivity contribution >= 4 is 16.7 Å². The van der Waals surface area contributed by atoms with Gasteiger partial charge in [-0.05, 0) is 12.1 Å². The van der Waals surface area contributed by atoms with Crippen molar-refractivity contribution < 1.29 is 0 Å². The fraction of sp³-hybridized carbons (Fsp3) is 0. The maximum atomic E-state index is 4.45. The smallest absolute Gasteiger partial charge is 0.156 e. The lowest BCUT2D eigenvalue weighted by molar-refractivity contribution is 1.21. The van der Waals surface area contributed by atoms with Gasteiger partial charge in [0.2, 0.25) is 0 Å². The summed E-state index contributed by atoms with van der Waals surface area (Å²) < 4.78 is 2.15. The van der Waals surface area contributed by atoms with Gasteiger partial charge in [0.25, 0.3) is 0 Å². The molecule has 0 amide bonds. The summed E-state index contributed by atoms with van der Waals surface area (Å²) in [6, 6.07) is 18.4. The van der Waals surface area contributed by atoms with Crippen molar-refractivity contribution in [2.45, 2.75) is 0 Å². The van der Waals surface area contributed by atoms with Gasteiger partial charge in [-0.2, -0.15) is 0 Å². The number of hydrogen-bond donors (Lipinski definition) is 0. The third-order valence-electron chi connectivity index (χ3n) is 3.30. The monoisotopic (exact) mass is 245 g/mol. The van der Waals surface area contributed by atoms with Gasteiger partial charge in [-0.1, -0.05) is 42.5 Å². The van der Waals surface area contributed by atoms with Crippen LogP contribution in [-0.4, -0.2) is 14.4 Å². The maximum absolute atomic E-state index is 4.45. The normalized spacial score (nSPS) is 11.2. The Morgan fingerprint density at radius 1 is 0.737 bits per heavy atom. The largest absolute Gasteiger partial charge is 0.289 e. The molecule has 0 radical (unpaired) electrons. The molecule has 2 aromatic heterocycles. The van der Waals surface area contributed by atoms with Crippen molar-refractivity contribution in [1.82, 2.24) is 14.4 Å². The van der Waals surface area contributed by atoms with E-state index >= 15 is 0 Å². The van der Waals surface area contributed by atoms with Crippen molar-refractivity contribution in [1.29, 1.82) is 0 Å². The molecule has 2 aromatic carbocycles. The lowest BCUT2D eigenvalue weighted by Gasteiger charge is -2.05. The van der Waals surface area contributed by atoms with Crippen LogP contribution < -0.4 is 0 Å². The molecule has 0 bridgehead atoms. The average Bonchev–Trinajstić information content (AvgIpc) is 2.92. The number of imidazole rings is 1. The van der Waals surface area contributed by atoms with Gasteiger partial charge in [0.15, 0.2) is 5.65 Å². The summed E-state index contributed by atoms with van der Waals surface area (Å²) in [6.07, 6.45) is 3.72. The highest BCUT2D eigenvalue weighted by atomic mass is 15.0. The Hall–Kier alpha value is -2.68. The number of rotatable bonds is 1. The van der Waals surface area contributed by atoms with E-state index in [1.165, 1.54) is 0 Å². The molecule has 19 heavy (non-hydrogen) atoms. The van der Waals surface area contributed by atoms with Crippen molar-refractivity contribution in [3.8, 4) is 11.3 Å². The number of benzene rings is 2. The molecule has 0 aliphatic carbocycles. The van der Waals surface area contributed by atoms with E-state index in [0.29, 0.717) is 0 Å². The second-order valence-electron chi connectivity index (χ2n) is 4.45. The Morgan fingerprint density at radius 2 is 1.53 bits per heavy atom. The van der Waals surface area contributed by atoms with Crippen molar-refractivity contribution in [3.63, 3.8) is 0 Å². The number of fused-ring (bicyclic) bond motifs is 3. The predicted molar refractivity (Wildman–Crippen MR) is 75.9 cm³/mol. The van der Waals surface area contributed by atoms with E-state index in [2.05, 4.69) is 32.6 Å². The second kappa shape index (κ2) is 3.92. The van der Waals surface area contributed by atoms with E-state index in [0.717, 1.165) is 27.9 Å². The van der Waals surface area contributed by atoms with Gasteiger partial charge in [-0.15, -0.1) is 0 Å². The molecule has 0 aliphatic rings. The van der Waals surface area contributed by atoms with Gasteiger partial charge in [0.05, 0.1) is 29.1 Å². The fourth-order valence-corrected chi connectivity index (χ4v) is 2.41. The van der Waals surface area contributed by atoms with Crippen molar-refractivity contribution in [2.24, 2.45) is 0 Å². The molecule has 4 rings (SSSR count). The third kappa shape index (κ3) is 1.52. The SMILES string of the molecule is c1ccc(-c2cnc3cnc4ccccc4n23)cc1. The summed E-state index contributed by atoms with van der Waals surface area (Å²) >= 11 is 0. The Morgan fingerprint density at radius 3 is 2.42 bits per heavy atom. The highest BCUT2D eigenvalue weighted by molar-refractivity contribution is 5.80. The summed E-state index contributed by atoms with van der Waals surface area (Å²) in [4.78, 5) is 8.88. The predicted octanol–water partition coefficient (Wildman–Crippen LogP) is 3.55. The molecular weight excluding hydrogens is 234 g/mol. The summed E-state index contributed by atoms with van der Waals surface area (Å²) in [7, 11) is 0. The third-order valence-corrected chi connectivity index (χ3v) is 3.30. The lowest BCUT2D eigenvalue weighted by Crippen LogP contribution is -1.92. The quantitative estimate of drug-likeness (QED) is 0.513. The van der Waals surface area contributed by atoms with Crippen molar-refractivity contribution in [3.05, 3.63) is 67.0 Å². The van der Waals surface area contributed by atoms with E-state index in [1.54, 1.807) is 0 Å². The van der Waals surface area contributed by atoms with Crippen LogP contribution in [0.4, 0.5) is 0 Å². The van der Waals surface area contributed by atoms with E-state index in [-0.39, 0.29) is 0 Å².